The van der Waals surface area contributed by atoms with Gasteiger partial charge in [0.1, 0.15) is 0 Å². The van der Waals surface area contributed by atoms with Gasteiger partial charge in [-0.2, -0.15) is 0 Å². The Kier molecular flexibility index (Phi) is 4.79. The average Bonchev–Trinajstić information content (AvgIpc) is 2.91. The smallest absolute Gasteiger partial charge is 0.312 e. The van der Waals surface area contributed by atoms with Crippen molar-refractivity contribution in [2.75, 3.05) is 11.9 Å². The number of urea groups is 1. The van der Waals surface area contributed by atoms with E-state index in [-0.39, 0.29) is 5.91 Å². The van der Waals surface area contributed by atoms with Crippen LogP contribution in [0, 0.1) is 0 Å². The Morgan fingerprint density at radius 2 is 1.79 bits per heavy atom. The zero-order valence-corrected chi connectivity index (χ0v) is 13.5. The first-order valence-electron chi connectivity index (χ1n) is 8.18. The van der Waals surface area contributed by atoms with Crippen LogP contribution in [0.2, 0.25) is 0 Å². The van der Waals surface area contributed by atoms with Gasteiger partial charge in [0.15, 0.2) is 0 Å². The summed E-state index contributed by atoms with van der Waals surface area (Å²) in [4.78, 5) is 22.5. The summed E-state index contributed by atoms with van der Waals surface area (Å²) in [7, 11) is 0. The summed E-state index contributed by atoms with van der Waals surface area (Å²) in [5, 5.41) is 5.46. The van der Waals surface area contributed by atoms with Crippen LogP contribution in [0.4, 0.5) is 10.5 Å². The number of benzene rings is 2. The van der Waals surface area contributed by atoms with Crippen LogP contribution in [0.15, 0.2) is 42.5 Å². The Hall–Kier alpha value is -2.82. The third kappa shape index (κ3) is 3.74. The zero-order valence-electron chi connectivity index (χ0n) is 13.5. The third-order valence-corrected chi connectivity index (χ3v) is 4.21. The molecule has 0 saturated heterocycles. The number of unbranched alkanes of at least 4 members (excludes halogenated alkanes) is 1. The Bertz CT molecular complexity index is 771. The molecule has 0 aliphatic heterocycles. The minimum absolute atomic E-state index is 0.00969. The van der Waals surface area contributed by atoms with Gasteiger partial charge >= 0.3 is 6.03 Å². The van der Waals surface area contributed by atoms with Crippen LogP contribution >= 0.6 is 0 Å². The molecule has 0 atom stereocenters. The lowest BCUT2D eigenvalue weighted by atomic mass is 10.1. The molecule has 5 nitrogen and oxygen atoms in total. The Labute approximate surface area is 141 Å². The van der Waals surface area contributed by atoms with E-state index in [9.17, 15) is 9.59 Å². The van der Waals surface area contributed by atoms with E-state index < -0.39 is 6.03 Å². The standard InChI is InChI=1S/C19H21N3O2/c20-19(24)21-10-4-3-7-18(23)22-15-8-9-17-14(12-15)11-13-5-1-2-6-16(13)17/h1-2,5-6,8-9,12H,3-4,7,10-11H2,(H,22,23)(H3,20,21,24). The predicted molar refractivity (Wildman–Crippen MR) is 94.8 cm³/mol. The maximum atomic E-state index is 12.0. The Morgan fingerprint density at radius 3 is 2.62 bits per heavy atom. The lowest BCUT2D eigenvalue weighted by molar-refractivity contribution is -0.116. The number of nitrogens with one attached hydrogen (secondary N) is 2. The molecule has 0 saturated carbocycles. The molecule has 0 heterocycles. The number of fused-ring (bicyclic) bond motifs is 3. The summed E-state index contributed by atoms with van der Waals surface area (Å²) in [5.74, 6) is -0.00969. The maximum Gasteiger partial charge on any atom is 0.312 e. The van der Waals surface area contributed by atoms with Crippen molar-refractivity contribution in [2.45, 2.75) is 25.7 Å². The molecule has 3 amide bonds. The number of primary amides is 1. The minimum atomic E-state index is -0.529. The van der Waals surface area contributed by atoms with E-state index in [0.717, 1.165) is 18.5 Å². The SMILES string of the molecule is NC(=O)NCCCCC(=O)Nc1ccc2c(c1)Cc1ccccc1-2. The number of anilines is 1. The monoisotopic (exact) mass is 323 g/mol. The quantitative estimate of drug-likeness (QED) is 0.609. The van der Waals surface area contributed by atoms with Crippen molar-refractivity contribution in [1.82, 2.24) is 5.32 Å². The minimum Gasteiger partial charge on any atom is -0.352 e. The molecule has 2 aromatic carbocycles. The van der Waals surface area contributed by atoms with Gasteiger partial charge in [0, 0.05) is 18.7 Å². The number of hydrogen-bond donors (Lipinski definition) is 3. The number of nitrogens with two attached hydrogens (primary N) is 1. The first-order valence-corrected chi connectivity index (χ1v) is 8.18. The van der Waals surface area contributed by atoms with Crippen molar-refractivity contribution in [1.29, 1.82) is 0 Å². The van der Waals surface area contributed by atoms with Gasteiger partial charge in [0.25, 0.3) is 0 Å². The third-order valence-electron chi connectivity index (χ3n) is 4.21. The molecule has 3 rings (SSSR count). The summed E-state index contributed by atoms with van der Waals surface area (Å²) in [6.45, 7) is 0.500. The molecule has 0 spiro atoms. The van der Waals surface area contributed by atoms with Gasteiger partial charge in [-0.05, 0) is 53.6 Å². The fraction of sp³-hybridized carbons (Fsp3) is 0.263. The Morgan fingerprint density at radius 1 is 1.00 bits per heavy atom. The molecule has 0 fully saturated rings. The topological polar surface area (TPSA) is 84.2 Å². The van der Waals surface area contributed by atoms with Crippen molar-refractivity contribution in [3.63, 3.8) is 0 Å². The van der Waals surface area contributed by atoms with Crippen LogP contribution in [0.1, 0.15) is 30.4 Å². The molecule has 0 bridgehead atoms. The van der Waals surface area contributed by atoms with E-state index in [2.05, 4.69) is 47.0 Å². The zero-order chi connectivity index (χ0) is 16.9. The second kappa shape index (κ2) is 7.17. The number of hydrogen-bond acceptors (Lipinski definition) is 2. The van der Waals surface area contributed by atoms with Crippen LogP contribution in [-0.2, 0) is 11.2 Å². The van der Waals surface area contributed by atoms with Crippen LogP contribution < -0.4 is 16.4 Å². The summed E-state index contributed by atoms with van der Waals surface area (Å²) in [5.41, 5.74) is 10.9. The molecule has 0 unspecified atom stereocenters. The molecule has 4 N–H and O–H groups in total. The van der Waals surface area contributed by atoms with Gasteiger partial charge in [-0.3, -0.25) is 4.79 Å². The molecule has 5 heteroatoms. The van der Waals surface area contributed by atoms with E-state index in [0.29, 0.717) is 19.4 Å². The van der Waals surface area contributed by atoms with Gasteiger partial charge in [0.05, 0.1) is 0 Å². The van der Waals surface area contributed by atoms with Crippen LogP contribution in [0.3, 0.4) is 0 Å². The highest BCUT2D eigenvalue weighted by Crippen LogP contribution is 2.37. The summed E-state index contributed by atoms with van der Waals surface area (Å²) in [6, 6.07) is 14.0. The molecule has 24 heavy (non-hydrogen) atoms. The van der Waals surface area contributed by atoms with E-state index >= 15 is 0 Å². The van der Waals surface area contributed by atoms with Crippen LogP contribution in [0.25, 0.3) is 11.1 Å². The van der Waals surface area contributed by atoms with E-state index in [1.807, 2.05) is 6.07 Å². The first kappa shape index (κ1) is 16.1. The van der Waals surface area contributed by atoms with Gasteiger partial charge in [-0.1, -0.05) is 30.3 Å². The average molecular weight is 323 g/mol. The number of rotatable bonds is 6. The normalized spacial score (nSPS) is 11.5. The van der Waals surface area contributed by atoms with Crippen LogP contribution in [0.5, 0.6) is 0 Å². The highest BCUT2D eigenvalue weighted by molar-refractivity contribution is 5.91. The van der Waals surface area contributed by atoms with Gasteiger partial charge < -0.3 is 16.4 Å². The fourth-order valence-electron chi connectivity index (χ4n) is 3.07. The van der Waals surface area contributed by atoms with Crippen LogP contribution in [-0.4, -0.2) is 18.5 Å². The van der Waals surface area contributed by atoms with Crippen molar-refractivity contribution >= 4 is 17.6 Å². The highest BCUT2D eigenvalue weighted by Gasteiger charge is 2.18. The van der Waals surface area contributed by atoms with Crippen molar-refractivity contribution in [2.24, 2.45) is 5.73 Å². The van der Waals surface area contributed by atoms with Gasteiger partial charge in [-0.15, -0.1) is 0 Å². The largest absolute Gasteiger partial charge is 0.352 e. The fourth-order valence-corrected chi connectivity index (χ4v) is 3.07. The molecule has 1 aliphatic rings. The molecule has 124 valence electrons. The van der Waals surface area contributed by atoms with Gasteiger partial charge in [0.2, 0.25) is 5.91 Å². The number of amides is 3. The van der Waals surface area contributed by atoms with Crippen molar-refractivity contribution in [3.05, 3.63) is 53.6 Å². The molecular weight excluding hydrogens is 302 g/mol. The molecule has 2 aromatic rings. The number of carbonyl (C=O) groups is 2. The summed E-state index contributed by atoms with van der Waals surface area (Å²) >= 11 is 0. The second-order valence-corrected chi connectivity index (χ2v) is 6.00. The summed E-state index contributed by atoms with van der Waals surface area (Å²) < 4.78 is 0. The second-order valence-electron chi connectivity index (χ2n) is 6.00. The van der Waals surface area contributed by atoms with E-state index in [1.165, 1.54) is 22.3 Å². The van der Waals surface area contributed by atoms with E-state index in [1.54, 1.807) is 0 Å². The van der Waals surface area contributed by atoms with Crippen molar-refractivity contribution in [3.8, 4) is 11.1 Å². The molecule has 0 radical (unpaired) electrons. The first-order chi connectivity index (χ1) is 11.6. The lowest BCUT2D eigenvalue weighted by Crippen LogP contribution is -2.30. The maximum absolute atomic E-state index is 12.0. The highest BCUT2D eigenvalue weighted by atomic mass is 16.2. The molecule has 1 aliphatic carbocycles. The summed E-state index contributed by atoms with van der Waals surface area (Å²) in [6.07, 6.45) is 2.78. The molecule has 0 aromatic heterocycles. The lowest BCUT2D eigenvalue weighted by Gasteiger charge is -2.08. The predicted octanol–water partition coefficient (Wildman–Crippen LogP) is 3.03. The molecular formula is C19H21N3O2. The Balaban J connectivity index is 1.53. The van der Waals surface area contributed by atoms with Gasteiger partial charge in [-0.25, -0.2) is 4.79 Å². The van der Waals surface area contributed by atoms with Crippen molar-refractivity contribution < 1.29 is 9.59 Å². The number of carbonyl (C=O) groups excluding carboxylic acids is 2. The van der Waals surface area contributed by atoms with E-state index in [4.69, 9.17) is 5.73 Å².